The monoisotopic (exact) mass is 344 g/mol. The van der Waals surface area contributed by atoms with Gasteiger partial charge in [-0.1, -0.05) is 50.6 Å². The molecular weight excluding hydrogens is 319 g/mol. The Hall–Kier alpha value is -0.770. The van der Waals surface area contributed by atoms with Crippen LogP contribution in [0.4, 0.5) is 0 Å². The lowest BCUT2D eigenvalue weighted by Gasteiger charge is -2.30. The maximum Gasteiger partial charge on any atom is 0.169 e. The van der Waals surface area contributed by atoms with Crippen LogP contribution in [-0.4, -0.2) is 18.9 Å². The second kappa shape index (κ2) is 7.67. The average Bonchev–Trinajstić information content (AvgIpc) is 2.92. The van der Waals surface area contributed by atoms with Crippen molar-refractivity contribution in [2.24, 2.45) is 16.6 Å². The molecule has 22 heavy (non-hydrogen) atoms. The molecule has 1 fully saturated rings. The zero-order valence-electron chi connectivity index (χ0n) is 13.6. The number of halogens is 2. The third kappa shape index (κ3) is 5.15. The summed E-state index contributed by atoms with van der Waals surface area (Å²) in [5, 5.41) is 3.75. The van der Waals surface area contributed by atoms with Gasteiger partial charge in [-0.3, -0.25) is 4.79 Å². The Labute approximate surface area is 143 Å². The summed E-state index contributed by atoms with van der Waals surface area (Å²) in [6.07, 6.45) is 5.35. The molecule has 0 radical (unpaired) electrons. The second-order valence-electron chi connectivity index (χ2n) is 7.13. The van der Waals surface area contributed by atoms with Gasteiger partial charge in [-0.25, -0.2) is 0 Å². The van der Waals surface area contributed by atoms with Crippen LogP contribution in [0.5, 0.6) is 0 Å². The summed E-state index contributed by atoms with van der Waals surface area (Å²) < 4.78 is 0. The molecule has 0 spiro atoms. The quantitative estimate of drug-likeness (QED) is 0.563. The molecule has 124 valence electrons. The molecule has 1 heterocycles. The Balaban J connectivity index is 2.92. The van der Waals surface area contributed by atoms with Gasteiger partial charge in [0.15, 0.2) is 5.78 Å². The molecule has 0 aromatic rings. The molecule has 0 aromatic carbocycles. The molecule has 0 saturated carbocycles. The fraction of sp³-hybridized carbons (Fsp3) is 0.588. The van der Waals surface area contributed by atoms with Gasteiger partial charge in [0.1, 0.15) is 0 Å². The zero-order chi connectivity index (χ0) is 17.0. The third-order valence-electron chi connectivity index (χ3n) is 4.05. The molecule has 0 amide bonds. The number of Topliss-reactive ketones (excluding diaryl/α,β-unsaturated/α-hetero) is 1. The van der Waals surface area contributed by atoms with Crippen molar-refractivity contribution >= 4 is 29.0 Å². The van der Waals surface area contributed by atoms with E-state index in [1.807, 2.05) is 0 Å². The molecule has 1 rings (SSSR count). The molecule has 1 atom stereocenters. The number of nitrogens with two attached hydrogens (primary N) is 1. The van der Waals surface area contributed by atoms with Crippen LogP contribution in [-0.2, 0) is 4.79 Å². The molecule has 1 aliphatic rings. The maximum absolute atomic E-state index is 12.9. The molecule has 3 nitrogen and oxygen atoms in total. The number of nitrogens with one attached hydrogen (secondary N) is 1. The summed E-state index contributed by atoms with van der Waals surface area (Å²) in [4.78, 5) is 12.9. The number of allylic oxidation sites excluding steroid dienone is 4. The summed E-state index contributed by atoms with van der Waals surface area (Å²) in [6.45, 7) is 12.0. The normalized spacial score (nSPS) is 23.7. The number of carbonyl (C=O) groups is 1. The van der Waals surface area contributed by atoms with Crippen molar-refractivity contribution in [3.8, 4) is 0 Å². The molecule has 1 unspecified atom stereocenters. The molecule has 0 aromatic heterocycles. The van der Waals surface area contributed by atoms with Crippen molar-refractivity contribution in [2.75, 3.05) is 13.1 Å². The molecular formula is C17H26Cl2N2O. The van der Waals surface area contributed by atoms with Crippen molar-refractivity contribution in [1.29, 1.82) is 0 Å². The van der Waals surface area contributed by atoms with E-state index in [-0.39, 0.29) is 21.3 Å². The topological polar surface area (TPSA) is 55.1 Å². The smallest absolute Gasteiger partial charge is 0.169 e. The number of rotatable bonds is 6. The number of carbonyl (C=O) groups excluding carboxylic acids is 1. The van der Waals surface area contributed by atoms with Gasteiger partial charge in [-0.15, -0.1) is 0 Å². The number of hydrogen-bond donors (Lipinski definition) is 2. The first-order chi connectivity index (χ1) is 10.1. The van der Waals surface area contributed by atoms with E-state index in [1.165, 1.54) is 12.3 Å². The molecule has 0 bridgehead atoms. The first-order valence-electron chi connectivity index (χ1n) is 7.51. The van der Waals surface area contributed by atoms with E-state index < -0.39 is 5.41 Å². The fourth-order valence-electron chi connectivity index (χ4n) is 2.59. The van der Waals surface area contributed by atoms with Crippen molar-refractivity contribution in [1.82, 2.24) is 5.32 Å². The largest absolute Gasteiger partial charge is 0.403 e. The van der Waals surface area contributed by atoms with Crippen LogP contribution < -0.4 is 11.1 Å². The minimum absolute atomic E-state index is 0.0430. The molecule has 0 aliphatic carbocycles. The lowest BCUT2D eigenvalue weighted by molar-refractivity contribution is -0.124. The van der Waals surface area contributed by atoms with Crippen molar-refractivity contribution in [3.05, 3.63) is 34.5 Å². The molecule has 5 heteroatoms. The second-order valence-corrected chi connectivity index (χ2v) is 7.94. The Morgan fingerprint density at radius 3 is 2.45 bits per heavy atom. The first-order valence-corrected chi connectivity index (χ1v) is 8.26. The zero-order valence-corrected chi connectivity index (χ0v) is 15.2. The van der Waals surface area contributed by atoms with Gasteiger partial charge in [0.25, 0.3) is 0 Å². The molecule has 3 N–H and O–H groups in total. The molecule has 1 saturated heterocycles. The van der Waals surface area contributed by atoms with E-state index in [4.69, 9.17) is 28.9 Å². The van der Waals surface area contributed by atoms with Gasteiger partial charge < -0.3 is 11.1 Å². The Morgan fingerprint density at radius 1 is 1.36 bits per heavy atom. The van der Waals surface area contributed by atoms with E-state index in [0.717, 1.165) is 25.8 Å². The van der Waals surface area contributed by atoms with Gasteiger partial charge >= 0.3 is 0 Å². The van der Waals surface area contributed by atoms with Gasteiger partial charge in [-0.05, 0) is 37.3 Å². The van der Waals surface area contributed by atoms with E-state index in [2.05, 4.69) is 32.7 Å². The summed E-state index contributed by atoms with van der Waals surface area (Å²) >= 11 is 11.9. The van der Waals surface area contributed by atoms with Gasteiger partial charge in [-0.2, -0.15) is 0 Å². The minimum Gasteiger partial charge on any atom is -0.403 e. The number of hydrogen-bond acceptors (Lipinski definition) is 3. The Bertz CT molecular complexity index is 495. The van der Waals surface area contributed by atoms with Crippen LogP contribution in [0.15, 0.2) is 34.5 Å². The first kappa shape index (κ1) is 19.3. The standard InChI is InChI=1S/C17H26Cl2N2O/c1-12(9-13(18)14(19)10-20)15(22)17(7-8-21-11-17)6-5-16(2,3)4/h9-10,21H,1,5-8,11,20H2,2-4H3/b13-9+,14-10+. The Morgan fingerprint density at radius 2 is 2.00 bits per heavy atom. The van der Waals surface area contributed by atoms with Crippen molar-refractivity contribution < 1.29 is 4.79 Å². The summed E-state index contributed by atoms with van der Waals surface area (Å²) in [6, 6.07) is 0. The van der Waals surface area contributed by atoms with Crippen LogP contribution in [0, 0.1) is 10.8 Å². The maximum atomic E-state index is 12.9. The van der Waals surface area contributed by atoms with Crippen LogP contribution in [0.3, 0.4) is 0 Å². The summed E-state index contributed by atoms with van der Waals surface area (Å²) in [5.74, 6) is 0.0430. The minimum atomic E-state index is -0.392. The van der Waals surface area contributed by atoms with Gasteiger partial charge in [0, 0.05) is 23.7 Å². The lowest BCUT2D eigenvalue weighted by Crippen LogP contribution is -2.35. The van der Waals surface area contributed by atoms with Gasteiger partial charge in [0.05, 0.1) is 10.1 Å². The average molecular weight is 345 g/mol. The van der Waals surface area contributed by atoms with Crippen LogP contribution in [0.1, 0.15) is 40.0 Å². The van der Waals surface area contributed by atoms with E-state index in [9.17, 15) is 4.79 Å². The predicted octanol–water partition coefficient (Wildman–Crippen LogP) is 4.08. The lowest BCUT2D eigenvalue weighted by atomic mass is 9.72. The predicted molar refractivity (Wildman–Crippen MR) is 94.8 cm³/mol. The highest BCUT2D eigenvalue weighted by molar-refractivity contribution is 6.44. The van der Waals surface area contributed by atoms with Crippen molar-refractivity contribution in [3.63, 3.8) is 0 Å². The summed E-state index contributed by atoms with van der Waals surface area (Å²) in [7, 11) is 0. The molecule has 1 aliphatic heterocycles. The highest BCUT2D eigenvalue weighted by Gasteiger charge is 2.41. The SMILES string of the molecule is C=C(/C=C(Cl)\C(Cl)=C/N)C(=O)C1(CCC(C)(C)C)CCNC1. The Kier molecular flexibility index (Phi) is 6.72. The fourth-order valence-corrected chi connectivity index (χ4v) is 2.84. The van der Waals surface area contributed by atoms with Gasteiger partial charge in [0.2, 0.25) is 0 Å². The van der Waals surface area contributed by atoms with E-state index in [0.29, 0.717) is 12.1 Å². The number of ketones is 1. The van der Waals surface area contributed by atoms with Crippen molar-refractivity contribution in [2.45, 2.75) is 40.0 Å². The highest BCUT2D eigenvalue weighted by atomic mass is 35.5. The van der Waals surface area contributed by atoms with E-state index >= 15 is 0 Å². The summed E-state index contributed by atoms with van der Waals surface area (Å²) in [5.41, 5.74) is 5.50. The van der Waals surface area contributed by atoms with Crippen LogP contribution >= 0.6 is 23.2 Å². The van der Waals surface area contributed by atoms with Crippen LogP contribution in [0.25, 0.3) is 0 Å². The third-order valence-corrected chi connectivity index (χ3v) is 4.79. The van der Waals surface area contributed by atoms with Crippen LogP contribution in [0.2, 0.25) is 0 Å². The highest BCUT2D eigenvalue weighted by Crippen LogP contribution is 2.38. The van der Waals surface area contributed by atoms with E-state index in [1.54, 1.807) is 0 Å².